The lowest BCUT2D eigenvalue weighted by atomic mass is 9.87. The zero-order chi connectivity index (χ0) is 55.2. The first-order valence-corrected chi connectivity index (χ1v) is 20.2. The fourth-order valence-corrected chi connectivity index (χ4v) is 5.77. The number of thiol groups is 1. The standard InChI is InChI=1S/C35H44F19N9O6S/c1-13(2)6-17(24(67)62-19(10-70)22(55)65)61-25(68)18(7-16-8-56-12-59-16)60-20(64)9-57-26(69)21(14(3)4)63-23(66)15(5)58-11-27(36,37)28(38,39)29(40,41)30(42,43)31(44,45)32(46,47)33(48,49)34(50,51)35(52,53)54/h8,12-15,17-19,21,58,70H,6-7,9-11H2,1-5H3,(H2,55,65)(H,56,59)(H,57,69)(H,60,64)(H,61,68)(H,62,67)(H,63,66)/t15-,17-,18-,19-,21-/m0/s1. The summed E-state index contributed by atoms with van der Waals surface area (Å²) in [6.45, 7) is 1.84. The monoisotopic (exact) mass is 1080 g/mol. The fraction of sp³-hybridized carbons (Fsp3) is 0.743. The second kappa shape index (κ2) is 22.6. The molecule has 70 heavy (non-hydrogen) atoms. The molecule has 1 rings (SSSR count). The highest BCUT2D eigenvalue weighted by molar-refractivity contribution is 7.80. The van der Waals surface area contributed by atoms with Crippen LogP contribution in [-0.4, -0.2) is 148 Å². The van der Waals surface area contributed by atoms with E-state index in [9.17, 15) is 112 Å². The molecule has 0 unspecified atom stereocenters. The molecule has 0 spiro atoms. The van der Waals surface area contributed by atoms with E-state index in [2.05, 4.69) is 38.5 Å². The first kappa shape index (κ1) is 63.0. The minimum atomic E-state index is -9.10. The number of H-pyrrole nitrogens is 1. The lowest BCUT2D eigenvalue weighted by Gasteiger charge is -2.43. The zero-order valence-corrected chi connectivity index (χ0v) is 37.2. The Labute approximate surface area is 387 Å². The Morgan fingerprint density at radius 3 is 1.49 bits per heavy atom. The van der Waals surface area contributed by atoms with E-state index in [-0.39, 0.29) is 30.2 Å². The molecule has 15 nitrogen and oxygen atoms in total. The SMILES string of the molecule is CC(C)C[C@H](NC(=O)[C@H](Cc1cnc[nH]1)NC(=O)CNC(=O)[C@@H](NC(=O)[C@H](C)NCC(F)(F)C(F)(F)C(F)(F)C(F)(F)C(F)(F)C(F)(F)C(F)(F)C(F)(F)C(F)(F)F)C(C)C)C(=O)N[C@@H](CS)C(N)=O. The maximum Gasteiger partial charge on any atom is 0.460 e. The molecule has 35 heteroatoms. The maximum atomic E-state index is 14.5. The van der Waals surface area contributed by atoms with Gasteiger partial charge in [0.05, 0.1) is 25.5 Å². The van der Waals surface area contributed by atoms with Crippen LogP contribution in [0.2, 0.25) is 0 Å². The van der Waals surface area contributed by atoms with Gasteiger partial charge in [-0.25, -0.2) is 4.98 Å². The molecule has 9 N–H and O–H groups in total. The van der Waals surface area contributed by atoms with Crippen molar-refractivity contribution < 1.29 is 112 Å². The highest BCUT2D eigenvalue weighted by Gasteiger charge is 2.96. The average molecular weight is 1080 g/mol. The first-order chi connectivity index (χ1) is 31.3. The van der Waals surface area contributed by atoms with E-state index >= 15 is 0 Å². The number of nitrogens with zero attached hydrogens (tertiary/aromatic N) is 1. The van der Waals surface area contributed by atoms with Crippen LogP contribution in [0.3, 0.4) is 0 Å². The molecular weight excluding hydrogens is 1040 g/mol. The first-order valence-electron chi connectivity index (χ1n) is 19.5. The lowest BCUT2D eigenvalue weighted by molar-refractivity contribution is -0.468. The van der Waals surface area contributed by atoms with Gasteiger partial charge < -0.3 is 42.6 Å². The van der Waals surface area contributed by atoms with Gasteiger partial charge in [0.25, 0.3) is 0 Å². The van der Waals surface area contributed by atoms with E-state index in [0.717, 1.165) is 5.32 Å². The Balaban J connectivity index is 3.22. The predicted octanol–water partition coefficient (Wildman–Crippen LogP) is 3.75. The molecule has 0 saturated carbocycles. The number of rotatable bonds is 27. The molecule has 404 valence electrons. The Morgan fingerprint density at radius 2 is 1.07 bits per heavy atom. The van der Waals surface area contributed by atoms with E-state index in [4.69, 9.17) is 5.73 Å². The van der Waals surface area contributed by atoms with Gasteiger partial charge in [-0.05, 0) is 25.2 Å². The molecule has 1 heterocycles. The maximum absolute atomic E-state index is 14.5. The van der Waals surface area contributed by atoms with Gasteiger partial charge in [-0.3, -0.25) is 28.8 Å². The van der Waals surface area contributed by atoms with Crippen LogP contribution < -0.4 is 37.6 Å². The Hall–Kier alpha value is -4.99. The Kier molecular flexibility index (Phi) is 20.4. The van der Waals surface area contributed by atoms with Crippen LogP contribution in [0, 0.1) is 11.8 Å². The number of alkyl halides is 19. The highest BCUT2D eigenvalue weighted by atomic mass is 32.1. The summed E-state index contributed by atoms with van der Waals surface area (Å²) in [4.78, 5) is 83.3. The topological polar surface area (TPSA) is 229 Å². The summed E-state index contributed by atoms with van der Waals surface area (Å²) in [5.41, 5.74) is 5.47. The van der Waals surface area contributed by atoms with Gasteiger partial charge in [-0.1, -0.05) is 27.7 Å². The minimum Gasteiger partial charge on any atom is -0.368 e. The number of imidazole rings is 1. The fourth-order valence-electron chi connectivity index (χ4n) is 5.49. The summed E-state index contributed by atoms with van der Waals surface area (Å²) < 4.78 is 260. The number of aromatic amines is 1. The van der Waals surface area contributed by atoms with Crippen LogP contribution in [0.1, 0.15) is 46.7 Å². The van der Waals surface area contributed by atoms with Gasteiger partial charge in [0.1, 0.15) is 24.2 Å². The quantitative estimate of drug-likeness (QED) is 0.0465. The smallest absolute Gasteiger partial charge is 0.368 e. The van der Waals surface area contributed by atoms with Gasteiger partial charge in [-0.2, -0.15) is 96.0 Å². The van der Waals surface area contributed by atoms with E-state index in [1.165, 1.54) is 26.4 Å². The van der Waals surface area contributed by atoms with Crippen molar-refractivity contribution in [2.75, 3.05) is 18.8 Å². The summed E-state index contributed by atoms with van der Waals surface area (Å²) in [5.74, 6) is -76.8. The zero-order valence-electron chi connectivity index (χ0n) is 36.3. The van der Waals surface area contributed by atoms with Crippen LogP contribution >= 0.6 is 12.6 Å². The molecule has 0 aromatic carbocycles. The van der Waals surface area contributed by atoms with Crippen LogP contribution in [0.25, 0.3) is 0 Å². The van der Waals surface area contributed by atoms with Crippen molar-refractivity contribution in [3.05, 3.63) is 18.2 Å². The number of nitrogens with two attached hydrogens (primary N) is 1. The summed E-state index contributed by atoms with van der Waals surface area (Å²) in [6, 6.07) is -8.44. The van der Waals surface area contributed by atoms with Gasteiger partial charge in [0.2, 0.25) is 35.4 Å². The molecule has 0 aliphatic rings. The Bertz CT molecular complexity index is 1990. The van der Waals surface area contributed by atoms with Crippen molar-refractivity contribution in [3.8, 4) is 0 Å². The molecular formula is C35H44F19N9O6S. The molecule has 0 bridgehead atoms. The van der Waals surface area contributed by atoms with Crippen molar-refractivity contribution in [1.29, 1.82) is 0 Å². The van der Waals surface area contributed by atoms with Crippen LogP contribution in [-0.2, 0) is 35.2 Å². The third kappa shape index (κ3) is 13.3. The third-order valence-electron chi connectivity index (χ3n) is 9.69. The van der Waals surface area contributed by atoms with Gasteiger partial charge in [-0.15, -0.1) is 0 Å². The number of primary amides is 1. The molecule has 0 fully saturated rings. The molecule has 0 radical (unpaired) electrons. The van der Waals surface area contributed by atoms with Crippen LogP contribution in [0.4, 0.5) is 83.4 Å². The summed E-state index contributed by atoms with van der Waals surface area (Å²) in [5, 5.41) is 11.8. The molecule has 6 amide bonds. The molecule has 0 aliphatic carbocycles. The van der Waals surface area contributed by atoms with Crippen LogP contribution in [0.5, 0.6) is 0 Å². The normalized spacial score (nSPS) is 15.9. The number of hydrogen-bond donors (Lipinski definition) is 9. The average Bonchev–Trinajstić information content (AvgIpc) is 3.74. The van der Waals surface area contributed by atoms with Crippen molar-refractivity contribution in [2.24, 2.45) is 17.6 Å². The third-order valence-corrected chi connectivity index (χ3v) is 10.1. The van der Waals surface area contributed by atoms with Crippen molar-refractivity contribution in [3.63, 3.8) is 0 Å². The van der Waals surface area contributed by atoms with Gasteiger partial charge in [0, 0.05) is 24.1 Å². The number of aromatic nitrogens is 2. The number of carbonyl (C=O) groups is 6. The second-order valence-electron chi connectivity index (χ2n) is 16.0. The van der Waals surface area contributed by atoms with Crippen molar-refractivity contribution in [1.82, 2.24) is 41.9 Å². The number of nitrogens with one attached hydrogen (secondary N) is 7. The van der Waals surface area contributed by atoms with Gasteiger partial charge >= 0.3 is 53.6 Å². The molecule has 0 aliphatic heterocycles. The Morgan fingerprint density at radius 1 is 0.614 bits per heavy atom. The number of amides is 6. The minimum absolute atomic E-state index is 0.0135. The molecule has 5 atom stereocenters. The largest absolute Gasteiger partial charge is 0.460 e. The predicted molar refractivity (Wildman–Crippen MR) is 203 cm³/mol. The van der Waals surface area contributed by atoms with Crippen molar-refractivity contribution >= 4 is 48.1 Å². The van der Waals surface area contributed by atoms with Crippen LogP contribution in [0.15, 0.2) is 12.5 Å². The molecule has 1 aromatic rings. The van der Waals surface area contributed by atoms with E-state index in [1.807, 2.05) is 10.6 Å². The van der Waals surface area contributed by atoms with E-state index < -0.39 is 138 Å². The van der Waals surface area contributed by atoms with Crippen molar-refractivity contribution in [2.45, 2.75) is 131 Å². The number of hydrogen-bond acceptors (Lipinski definition) is 9. The highest BCUT2D eigenvalue weighted by Crippen LogP contribution is 2.65. The molecule has 0 saturated heterocycles. The van der Waals surface area contributed by atoms with Gasteiger partial charge in [0.15, 0.2) is 0 Å². The summed E-state index contributed by atoms with van der Waals surface area (Å²) >= 11 is 3.93. The summed E-state index contributed by atoms with van der Waals surface area (Å²) in [7, 11) is 0. The number of carbonyl (C=O) groups excluding carboxylic acids is 6. The number of halogens is 19. The lowest BCUT2D eigenvalue weighted by Crippen LogP contribution is -2.76. The summed E-state index contributed by atoms with van der Waals surface area (Å²) in [6.07, 6.45) is -5.94. The second-order valence-corrected chi connectivity index (χ2v) is 16.4. The van der Waals surface area contributed by atoms with E-state index in [0.29, 0.717) is 6.92 Å². The van der Waals surface area contributed by atoms with E-state index in [1.54, 1.807) is 13.8 Å². The molecule has 1 aromatic heterocycles.